The first kappa shape index (κ1) is 19.2. The molecule has 0 saturated carbocycles. The van der Waals surface area contributed by atoms with Gasteiger partial charge in [0.1, 0.15) is 0 Å². The van der Waals surface area contributed by atoms with Gasteiger partial charge in [-0.1, -0.05) is 42.5 Å². The molecular formula is C22H21NO5. The summed E-state index contributed by atoms with van der Waals surface area (Å²) < 4.78 is 21.6. The van der Waals surface area contributed by atoms with Crippen LogP contribution in [0.5, 0.6) is 11.5 Å². The standard InChI is InChI=1S/C22H21NO5/c1-3-7-16-10-11-18(19(12-16)25-2)26-15-22(24)27-14-21-23-13-20(28-21)17-8-5-4-6-9-17/h3-6,8-13H,1,7,14-15H2,2H3. The predicted octanol–water partition coefficient (Wildman–Crippen LogP) is 4.20. The average Bonchev–Trinajstić information content (AvgIpc) is 3.21. The summed E-state index contributed by atoms with van der Waals surface area (Å²) >= 11 is 0. The number of carbonyl (C=O) groups is 1. The molecule has 0 aliphatic rings. The number of methoxy groups -OCH3 is 1. The van der Waals surface area contributed by atoms with Gasteiger partial charge in [0.05, 0.1) is 13.3 Å². The lowest BCUT2D eigenvalue weighted by atomic mass is 10.1. The van der Waals surface area contributed by atoms with Crippen LogP contribution in [0.4, 0.5) is 0 Å². The second-order valence-electron chi connectivity index (χ2n) is 5.91. The Kier molecular flexibility index (Phi) is 6.46. The predicted molar refractivity (Wildman–Crippen MR) is 104 cm³/mol. The fourth-order valence-corrected chi connectivity index (χ4v) is 2.56. The highest BCUT2D eigenvalue weighted by atomic mass is 16.6. The van der Waals surface area contributed by atoms with Crippen LogP contribution in [0.2, 0.25) is 0 Å². The molecule has 6 nitrogen and oxygen atoms in total. The zero-order valence-corrected chi connectivity index (χ0v) is 15.6. The summed E-state index contributed by atoms with van der Waals surface area (Å²) in [5, 5.41) is 0. The van der Waals surface area contributed by atoms with Gasteiger partial charge in [0, 0.05) is 5.56 Å². The van der Waals surface area contributed by atoms with E-state index in [9.17, 15) is 4.79 Å². The van der Waals surface area contributed by atoms with Gasteiger partial charge in [0.15, 0.2) is 30.5 Å². The Balaban J connectivity index is 1.51. The molecule has 0 spiro atoms. The number of ether oxygens (including phenoxy) is 3. The summed E-state index contributed by atoms with van der Waals surface area (Å²) in [4.78, 5) is 16.1. The maximum Gasteiger partial charge on any atom is 0.344 e. The highest BCUT2D eigenvalue weighted by molar-refractivity contribution is 5.71. The molecule has 0 aliphatic heterocycles. The van der Waals surface area contributed by atoms with Crippen LogP contribution in [0, 0.1) is 0 Å². The quantitative estimate of drug-likeness (QED) is 0.410. The summed E-state index contributed by atoms with van der Waals surface area (Å²) in [6.07, 6.45) is 4.13. The Labute approximate surface area is 163 Å². The second-order valence-corrected chi connectivity index (χ2v) is 5.91. The molecule has 28 heavy (non-hydrogen) atoms. The maximum atomic E-state index is 12.0. The number of hydrogen-bond acceptors (Lipinski definition) is 6. The molecule has 6 heteroatoms. The lowest BCUT2D eigenvalue weighted by Crippen LogP contribution is -2.15. The lowest BCUT2D eigenvalue weighted by molar-refractivity contribution is -0.148. The molecule has 2 aromatic carbocycles. The van der Waals surface area contributed by atoms with Crippen LogP contribution in [-0.4, -0.2) is 24.7 Å². The van der Waals surface area contributed by atoms with E-state index in [0.717, 1.165) is 17.5 Å². The molecule has 3 rings (SSSR count). The van der Waals surface area contributed by atoms with Crippen molar-refractivity contribution in [3.63, 3.8) is 0 Å². The molecule has 144 valence electrons. The molecule has 0 unspecified atom stereocenters. The van der Waals surface area contributed by atoms with Crippen LogP contribution in [-0.2, 0) is 22.6 Å². The molecule has 3 aromatic rings. The number of nitrogens with zero attached hydrogens (tertiary/aromatic N) is 1. The Bertz CT molecular complexity index is 933. The molecule has 1 heterocycles. The van der Waals surface area contributed by atoms with Crippen molar-refractivity contribution in [1.82, 2.24) is 4.98 Å². The van der Waals surface area contributed by atoms with Crippen LogP contribution in [0.15, 0.2) is 71.8 Å². The molecule has 1 aromatic heterocycles. The number of carbonyl (C=O) groups excluding carboxylic acids is 1. The van der Waals surface area contributed by atoms with Gasteiger partial charge in [-0.3, -0.25) is 0 Å². The van der Waals surface area contributed by atoms with E-state index in [1.807, 2.05) is 42.5 Å². The monoisotopic (exact) mass is 379 g/mol. The fourth-order valence-electron chi connectivity index (χ4n) is 2.56. The number of aromatic nitrogens is 1. The first-order valence-electron chi connectivity index (χ1n) is 8.76. The van der Waals surface area contributed by atoms with Crippen LogP contribution >= 0.6 is 0 Å². The van der Waals surface area contributed by atoms with Gasteiger partial charge >= 0.3 is 5.97 Å². The number of allylic oxidation sites excluding steroid dienone is 1. The summed E-state index contributed by atoms with van der Waals surface area (Å²) in [5.74, 6) is 1.42. The minimum Gasteiger partial charge on any atom is -0.493 e. The Morgan fingerprint density at radius 3 is 2.75 bits per heavy atom. The summed E-state index contributed by atoms with van der Waals surface area (Å²) in [6, 6.07) is 15.1. The number of benzene rings is 2. The van der Waals surface area contributed by atoms with Gasteiger partial charge in [-0.25, -0.2) is 9.78 Å². The topological polar surface area (TPSA) is 70.8 Å². The Morgan fingerprint density at radius 1 is 1.18 bits per heavy atom. The van der Waals surface area contributed by atoms with Crippen molar-refractivity contribution < 1.29 is 23.4 Å². The smallest absolute Gasteiger partial charge is 0.344 e. The molecule has 0 fully saturated rings. The first-order valence-corrected chi connectivity index (χ1v) is 8.76. The molecule has 0 N–H and O–H groups in total. The highest BCUT2D eigenvalue weighted by Crippen LogP contribution is 2.28. The Hall–Kier alpha value is -3.54. The minimum atomic E-state index is -0.531. The van der Waals surface area contributed by atoms with Gasteiger partial charge in [-0.15, -0.1) is 6.58 Å². The highest BCUT2D eigenvalue weighted by Gasteiger charge is 2.12. The lowest BCUT2D eigenvalue weighted by Gasteiger charge is -2.11. The number of hydrogen-bond donors (Lipinski definition) is 0. The van der Waals surface area contributed by atoms with Crippen molar-refractivity contribution in [3.8, 4) is 22.8 Å². The number of esters is 1. The van der Waals surface area contributed by atoms with Crippen LogP contribution in [0.3, 0.4) is 0 Å². The molecule has 0 saturated heterocycles. The zero-order valence-electron chi connectivity index (χ0n) is 15.6. The SMILES string of the molecule is C=CCc1ccc(OCC(=O)OCc2ncc(-c3ccccc3)o2)c(OC)c1. The average molecular weight is 379 g/mol. The third kappa shape index (κ3) is 5.01. The maximum absolute atomic E-state index is 12.0. The van der Waals surface area contributed by atoms with Crippen LogP contribution in [0.25, 0.3) is 11.3 Å². The van der Waals surface area contributed by atoms with Gasteiger partial charge in [0.25, 0.3) is 0 Å². The van der Waals surface area contributed by atoms with Gasteiger partial charge < -0.3 is 18.6 Å². The van der Waals surface area contributed by atoms with E-state index in [-0.39, 0.29) is 13.2 Å². The molecule has 0 amide bonds. The van der Waals surface area contributed by atoms with Gasteiger partial charge in [-0.05, 0) is 24.1 Å². The third-order valence-electron chi connectivity index (χ3n) is 3.92. The Morgan fingerprint density at radius 2 is 2.00 bits per heavy atom. The molecule has 0 radical (unpaired) electrons. The molecule has 0 aliphatic carbocycles. The van der Waals surface area contributed by atoms with E-state index < -0.39 is 5.97 Å². The van der Waals surface area contributed by atoms with E-state index in [4.69, 9.17) is 18.6 Å². The fraction of sp³-hybridized carbons (Fsp3) is 0.182. The van der Waals surface area contributed by atoms with Crippen molar-refractivity contribution in [2.45, 2.75) is 13.0 Å². The number of rotatable bonds is 9. The normalized spacial score (nSPS) is 10.3. The van der Waals surface area contributed by atoms with E-state index in [2.05, 4.69) is 11.6 Å². The van der Waals surface area contributed by atoms with Crippen LogP contribution in [0.1, 0.15) is 11.5 Å². The first-order chi connectivity index (χ1) is 13.7. The van der Waals surface area contributed by atoms with E-state index in [1.165, 1.54) is 0 Å². The molecule has 0 atom stereocenters. The molecular weight excluding hydrogens is 358 g/mol. The minimum absolute atomic E-state index is 0.0650. The second kappa shape index (κ2) is 9.41. The van der Waals surface area contributed by atoms with Crippen molar-refractivity contribution in [3.05, 3.63) is 78.8 Å². The van der Waals surface area contributed by atoms with Gasteiger partial charge in [0.2, 0.25) is 5.89 Å². The van der Waals surface area contributed by atoms with E-state index >= 15 is 0 Å². The third-order valence-corrected chi connectivity index (χ3v) is 3.92. The van der Waals surface area contributed by atoms with E-state index in [0.29, 0.717) is 23.1 Å². The largest absolute Gasteiger partial charge is 0.493 e. The summed E-state index contributed by atoms with van der Waals surface area (Å²) in [5.41, 5.74) is 1.95. The van der Waals surface area contributed by atoms with Gasteiger partial charge in [-0.2, -0.15) is 0 Å². The van der Waals surface area contributed by atoms with Crippen LogP contribution < -0.4 is 9.47 Å². The van der Waals surface area contributed by atoms with Crippen molar-refractivity contribution in [2.75, 3.05) is 13.7 Å². The van der Waals surface area contributed by atoms with Crippen molar-refractivity contribution in [1.29, 1.82) is 0 Å². The number of oxazole rings is 1. The zero-order chi connectivity index (χ0) is 19.8. The van der Waals surface area contributed by atoms with Crippen molar-refractivity contribution >= 4 is 5.97 Å². The summed E-state index contributed by atoms with van der Waals surface area (Å²) in [6.45, 7) is 3.40. The summed E-state index contributed by atoms with van der Waals surface area (Å²) in [7, 11) is 1.55. The van der Waals surface area contributed by atoms with E-state index in [1.54, 1.807) is 25.4 Å². The van der Waals surface area contributed by atoms with Crippen molar-refractivity contribution in [2.24, 2.45) is 0 Å². The molecule has 0 bridgehead atoms.